The van der Waals surface area contributed by atoms with E-state index in [0.717, 1.165) is 28.8 Å². The lowest BCUT2D eigenvalue weighted by molar-refractivity contribution is -0.141. The molecule has 2 rings (SSSR count). The molecule has 0 saturated heterocycles. The molecule has 0 aromatic heterocycles. The van der Waals surface area contributed by atoms with E-state index in [1.165, 1.54) is 36.1 Å². The van der Waals surface area contributed by atoms with Crippen molar-refractivity contribution in [3.63, 3.8) is 0 Å². The number of alkyl halides is 3. The van der Waals surface area contributed by atoms with Crippen molar-refractivity contribution in [2.45, 2.75) is 64.8 Å². The standard InChI is InChI=1S/C26H33F4N3O4S/c1-5-18(2)31-25(35)19(3)32(17-20-10-6-7-13-23(20)27)24(34)14-9-15-33(38(4,36)37)22-12-8-11-21(16-22)26(28,29)30/h6-8,10-13,16,18-19H,5,9,14-15,17H2,1-4H3,(H,31,35)/t18-,19+/m0/s1. The Labute approximate surface area is 220 Å². The van der Waals surface area contributed by atoms with Crippen molar-refractivity contribution in [2.24, 2.45) is 0 Å². The first-order valence-electron chi connectivity index (χ1n) is 12.1. The summed E-state index contributed by atoms with van der Waals surface area (Å²) in [6.45, 7) is 4.75. The Hall–Kier alpha value is -3.15. The summed E-state index contributed by atoms with van der Waals surface area (Å²) in [5.74, 6) is -1.50. The Morgan fingerprint density at radius 2 is 1.71 bits per heavy atom. The maximum absolute atomic E-state index is 14.3. The number of halogens is 4. The molecule has 0 aliphatic rings. The molecule has 12 heteroatoms. The molecule has 38 heavy (non-hydrogen) atoms. The van der Waals surface area contributed by atoms with E-state index >= 15 is 0 Å². The number of carbonyl (C=O) groups excluding carboxylic acids is 2. The topological polar surface area (TPSA) is 86.8 Å². The van der Waals surface area contributed by atoms with Crippen LogP contribution in [0, 0.1) is 5.82 Å². The van der Waals surface area contributed by atoms with Gasteiger partial charge in [0.25, 0.3) is 0 Å². The molecule has 0 saturated carbocycles. The number of sulfonamides is 1. The molecule has 0 aliphatic carbocycles. The van der Waals surface area contributed by atoms with E-state index in [0.29, 0.717) is 6.42 Å². The highest BCUT2D eigenvalue weighted by Gasteiger charge is 2.32. The van der Waals surface area contributed by atoms with Crippen LogP contribution in [0.1, 0.15) is 51.2 Å². The van der Waals surface area contributed by atoms with Crippen LogP contribution >= 0.6 is 0 Å². The summed E-state index contributed by atoms with van der Waals surface area (Å²) in [5, 5.41) is 2.79. The van der Waals surface area contributed by atoms with Crippen molar-refractivity contribution >= 4 is 27.5 Å². The van der Waals surface area contributed by atoms with Crippen LogP contribution in [0.5, 0.6) is 0 Å². The van der Waals surface area contributed by atoms with Crippen LogP contribution in [-0.4, -0.2) is 50.0 Å². The quantitative estimate of drug-likeness (QED) is 0.381. The monoisotopic (exact) mass is 559 g/mol. The largest absolute Gasteiger partial charge is 0.416 e. The molecule has 0 aliphatic heterocycles. The van der Waals surface area contributed by atoms with Crippen LogP contribution in [0.4, 0.5) is 23.2 Å². The van der Waals surface area contributed by atoms with Gasteiger partial charge in [0.05, 0.1) is 17.5 Å². The fourth-order valence-electron chi connectivity index (χ4n) is 3.70. The minimum Gasteiger partial charge on any atom is -0.352 e. The van der Waals surface area contributed by atoms with Crippen molar-refractivity contribution < 1.29 is 35.6 Å². The van der Waals surface area contributed by atoms with Gasteiger partial charge in [-0.25, -0.2) is 12.8 Å². The third kappa shape index (κ3) is 8.71. The summed E-state index contributed by atoms with van der Waals surface area (Å²) in [4.78, 5) is 27.2. The Morgan fingerprint density at radius 1 is 1.05 bits per heavy atom. The number of anilines is 1. The number of amides is 2. The molecule has 0 spiro atoms. The summed E-state index contributed by atoms with van der Waals surface area (Å²) in [5.41, 5.74) is -0.984. The second-order valence-corrected chi connectivity index (χ2v) is 11.0. The van der Waals surface area contributed by atoms with Gasteiger partial charge in [-0.2, -0.15) is 13.2 Å². The van der Waals surface area contributed by atoms with Gasteiger partial charge in [0.2, 0.25) is 21.8 Å². The molecule has 0 heterocycles. The van der Waals surface area contributed by atoms with Gasteiger partial charge in [-0.3, -0.25) is 13.9 Å². The van der Waals surface area contributed by atoms with Gasteiger partial charge in [0.1, 0.15) is 11.9 Å². The van der Waals surface area contributed by atoms with E-state index in [9.17, 15) is 35.6 Å². The normalized spacial score (nSPS) is 13.5. The Kier molecular flexibility index (Phi) is 10.7. The molecular weight excluding hydrogens is 526 g/mol. The predicted octanol–water partition coefficient (Wildman–Crippen LogP) is 4.72. The van der Waals surface area contributed by atoms with Crippen LogP contribution in [0.3, 0.4) is 0 Å². The number of carbonyl (C=O) groups is 2. The zero-order valence-electron chi connectivity index (χ0n) is 21.8. The van der Waals surface area contributed by atoms with E-state index < -0.39 is 45.4 Å². The van der Waals surface area contributed by atoms with Crippen molar-refractivity contribution in [2.75, 3.05) is 17.1 Å². The molecule has 2 aromatic carbocycles. The van der Waals surface area contributed by atoms with Crippen molar-refractivity contribution in [3.05, 3.63) is 65.5 Å². The summed E-state index contributed by atoms with van der Waals surface area (Å²) >= 11 is 0. The molecule has 0 unspecified atom stereocenters. The number of hydrogen-bond acceptors (Lipinski definition) is 4. The average Bonchev–Trinajstić information content (AvgIpc) is 2.84. The average molecular weight is 560 g/mol. The SMILES string of the molecule is CC[C@H](C)NC(=O)[C@@H](C)N(Cc1ccccc1F)C(=O)CCCN(c1cccc(C(F)(F)F)c1)S(C)(=O)=O. The Morgan fingerprint density at radius 3 is 2.29 bits per heavy atom. The second-order valence-electron chi connectivity index (χ2n) is 9.09. The summed E-state index contributed by atoms with van der Waals surface area (Å²) in [6, 6.07) is 8.64. The maximum Gasteiger partial charge on any atom is 0.416 e. The lowest BCUT2D eigenvalue weighted by Crippen LogP contribution is -2.49. The van der Waals surface area contributed by atoms with Crippen molar-refractivity contribution in [3.8, 4) is 0 Å². The van der Waals surface area contributed by atoms with Gasteiger partial charge in [-0.05, 0) is 51.0 Å². The van der Waals surface area contributed by atoms with Gasteiger partial charge in [0, 0.05) is 31.1 Å². The molecule has 1 N–H and O–H groups in total. The number of nitrogens with one attached hydrogen (secondary N) is 1. The molecule has 0 radical (unpaired) electrons. The Bertz CT molecular complexity index is 1220. The zero-order valence-corrected chi connectivity index (χ0v) is 22.6. The highest BCUT2D eigenvalue weighted by Crippen LogP contribution is 2.32. The van der Waals surface area contributed by atoms with E-state index in [1.54, 1.807) is 13.0 Å². The molecule has 2 amide bonds. The molecule has 0 bridgehead atoms. The van der Waals surface area contributed by atoms with E-state index in [2.05, 4.69) is 5.32 Å². The zero-order chi connectivity index (χ0) is 28.7. The molecule has 7 nitrogen and oxygen atoms in total. The number of rotatable bonds is 12. The van der Waals surface area contributed by atoms with E-state index in [1.807, 2.05) is 6.92 Å². The van der Waals surface area contributed by atoms with Gasteiger partial charge in [-0.1, -0.05) is 31.2 Å². The van der Waals surface area contributed by atoms with Gasteiger partial charge >= 0.3 is 6.18 Å². The highest BCUT2D eigenvalue weighted by atomic mass is 32.2. The number of benzene rings is 2. The van der Waals surface area contributed by atoms with Gasteiger partial charge in [-0.15, -0.1) is 0 Å². The molecule has 2 atom stereocenters. The van der Waals surface area contributed by atoms with Crippen LogP contribution < -0.4 is 9.62 Å². The second kappa shape index (κ2) is 13.1. The number of hydrogen-bond donors (Lipinski definition) is 1. The first-order valence-corrected chi connectivity index (χ1v) is 14.0. The van der Waals surface area contributed by atoms with Crippen LogP contribution in [0.2, 0.25) is 0 Å². The minimum atomic E-state index is -4.66. The molecule has 0 fully saturated rings. The first-order chi connectivity index (χ1) is 17.6. The molecular formula is C26H33F4N3O4S. The third-order valence-corrected chi connectivity index (χ3v) is 7.27. The van der Waals surface area contributed by atoms with E-state index in [4.69, 9.17) is 0 Å². The summed E-state index contributed by atoms with van der Waals surface area (Å²) in [6.07, 6.45) is -3.40. The van der Waals surface area contributed by atoms with Gasteiger partial charge < -0.3 is 10.2 Å². The third-order valence-electron chi connectivity index (χ3n) is 6.08. The lowest BCUT2D eigenvalue weighted by Gasteiger charge is -2.30. The van der Waals surface area contributed by atoms with Gasteiger partial charge in [0.15, 0.2) is 0 Å². The Balaban J connectivity index is 2.23. The van der Waals surface area contributed by atoms with Crippen LogP contribution in [-0.2, 0) is 32.3 Å². The van der Waals surface area contributed by atoms with Crippen molar-refractivity contribution in [1.82, 2.24) is 10.2 Å². The molecule has 210 valence electrons. The fourth-order valence-corrected chi connectivity index (χ4v) is 4.66. The highest BCUT2D eigenvalue weighted by molar-refractivity contribution is 7.92. The smallest absolute Gasteiger partial charge is 0.352 e. The van der Waals surface area contributed by atoms with Crippen LogP contribution in [0.25, 0.3) is 0 Å². The molecule has 2 aromatic rings. The van der Waals surface area contributed by atoms with E-state index in [-0.39, 0.29) is 43.2 Å². The van der Waals surface area contributed by atoms with Crippen LogP contribution in [0.15, 0.2) is 48.5 Å². The van der Waals surface area contributed by atoms with Crippen molar-refractivity contribution in [1.29, 1.82) is 0 Å². The number of nitrogens with zero attached hydrogens (tertiary/aromatic N) is 2. The predicted molar refractivity (Wildman–Crippen MR) is 137 cm³/mol. The lowest BCUT2D eigenvalue weighted by atomic mass is 10.1. The minimum absolute atomic E-state index is 0.0460. The maximum atomic E-state index is 14.3. The summed E-state index contributed by atoms with van der Waals surface area (Å²) < 4.78 is 79.3. The first kappa shape index (κ1) is 31.1. The fraction of sp³-hybridized carbons (Fsp3) is 0.462. The summed E-state index contributed by atoms with van der Waals surface area (Å²) in [7, 11) is -3.97.